The Bertz CT molecular complexity index is 673. The number of ether oxygens (including phenoxy) is 2. The second kappa shape index (κ2) is 9.66. The van der Waals surface area contributed by atoms with E-state index >= 15 is 0 Å². The van der Waals surface area contributed by atoms with Crippen molar-refractivity contribution in [3.05, 3.63) is 29.8 Å². The van der Waals surface area contributed by atoms with Crippen LogP contribution in [0.4, 0.5) is 4.79 Å². The Kier molecular flexibility index (Phi) is 7.01. The van der Waals surface area contributed by atoms with E-state index in [1.165, 1.54) is 5.56 Å². The van der Waals surface area contributed by atoms with Gasteiger partial charge in [0.25, 0.3) is 0 Å². The van der Waals surface area contributed by atoms with Crippen molar-refractivity contribution in [1.29, 1.82) is 0 Å². The first-order chi connectivity index (χ1) is 13.6. The molecule has 1 heterocycles. The topological polar surface area (TPSA) is 75.2 Å². The average Bonchev–Trinajstić information content (AvgIpc) is 3.45. The third-order valence-corrected chi connectivity index (χ3v) is 5.54. The molecule has 1 saturated carbocycles. The fraction of sp³-hybridized carbons (Fsp3) is 0.619. The summed E-state index contributed by atoms with van der Waals surface area (Å²) in [6.45, 7) is 4.78. The van der Waals surface area contributed by atoms with Crippen LogP contribution < -0.4 is 15.4 Å². The molecule has 7 nitrogen and oxygen atoms in total. The van der Waals surface area contributed by atoms with E-state index in [9.17, 15) is 4.79 Å². The minimum atomic E-state index is -0.336. The Morgan fingerprint density at radius 3 is 2.64 bits per heavy atom. The lowest BCUT2D eigenvalue weighted by Gasteiger charge is -2.25. The zero-order valence-electron chi connectivity index (χ0n) is 17.1. The number of aliphatic imine (C=N–C) groups is 1. The average molecular weight is 389 g/mol. The first-order valence-corrected chi connectivity index (χ1v) is 10.2. The maximum Gasteiger partial charge on any atom is 0.407 e. The summed E-state index contributed by atoms with van der Waals surface area (Å²) >= 11 is 0. The van der Waals surface area contributed by atoms with Gasteiger partial charge in [0.2, 0.25) is 0 Å². The van der Waals surface area contributed by atoms with Gasteiger partial charge >= 0.3 is 6.09 Å². The molecule has 0 bridgehead atoms. The largest absolute Gasteiger partial charge is 0.497 e. The van der Waals surface area contributed by atoms with Crippen molar-refractivity contribution in [1.82, 2.24) is 15.5 Å². The highest BCUT2D eigenvalue weighted by Gasteiger charge is 2.33. The summed E-state index contributed by atoms with van der Waals surface area (Å²) in [7, 11) is 3.50. The van der Waals surface area contributed by atoms with Crippen LogP contribution in [0.1, 0.15) is 37.7 Å². The minimum Gasteiger partial charge on any atom is -0.497 e. The molecule has 1 amide bonds. The first-order valence-electron chi connectivity index (χ1n) is 10.2. The van der Waals surface area contributed by atoms with Crippen molar-refractivity contribution < 1.29 is 14.3 Å². The maximum atomic E-state index is 11.8. The maximum absolute atomic E-state index is 11.8. The number of guanidine groups is 1. The SMILES string of the molecule is CCOC(=O)NC(CNC(=NC)N1CCC(c2ccc(OC)cc2)C1)C1CC1. The Morgan fingerprint density at radius 1 is 1.29 bits per heavy atom. The third kappa shape index (κ3) is 5.30. The van der Waals surface area contributed by atoms with Crippen LogP contribution in [-0.2, 0) is 4.74 Å². The molecule has 2 N–H and O–H groups in total. The second-order valence-corrected chi connectivity index (χ2v) is 7.44. The van der Waals surface area contributed by atoms with Gasteiger partial charge < -0.3 is 25.0 Å². The molecule has 1 aromatic carbocycles. The van der Waals surface area contributed by atoms with Crippen molar-refractivity contribution in [3.63, 3.8) is 0 Å². The van der Waals surface area contributed by atoms with Crippen LogP contribution in [-0.4, -0.2) is 63.4 Å². The van der Waals surface area contributed by atoms with Crippen molar-refractivity contribution in [2.75, 3.05) is 40.4 Å². The van der Waals surface area contributed by atoms with E-state index < -0.39 is 0 Å². The Morgan fingerprint density at radius 2 is 2.04 bits per heavy atom. The molecule has 2 aliphatic rings. The molecule has 2 unspecified atom stereocenters. The minimum absolute atomic E-state index is 0.0794. The number of carbonyl (C=O) groups excluding carboxylic acids is 1. The third-order valence-electron chi connectivity index (χ3n) is 5.54. The number of nitrogens with zero attached hydrogens (tertiary/aromatic N) is 2. The van der Waals surface area contributed by atoms with Crippen molar-refractivity contribution >= 4 is 12.1 Å². The molecule has 2 atom stereocenters. The number of benzene rings is 1. The quantitative estimate of drug-likeness (QED) is 0.555. The van der Waals surface area contributed by atoms with Gasteiger partial charge in [-0.25, -0.2) is 4.79 Å². The lowest BCUT2D eigenvalue weighted by Crippen LogP contribution is -2.49. The van der Waals surface area contributed by atoms with Gasteiger partial charge in [0.15, 0.2) is 5.96 Å². The van der Waals surface area contributed by atoms with Crippen LogP contribution in [0.15, 0.2) is 29.3 Å². The number of hydrogen-bond acceptors (Lipinski definition) is 4. The standard InChI is InChI=1S/C21H32N4O3/c1-4-28-21(26)24-19(16-5-6-16)13-23-20(22-2)25-12-11-17(14-25)15-7-9-18(27-3)10-8-15/h7-10,16-17,19H,4-6,11-14H2,1-3H3,(H,22,23)(H,24,26). The first kappa shape index (κ1) is 20.3. The highest BCUT2D eigenvalue weighted by Crippen LogP contribution is 2.32. The van der Waals surface area contributed by atoms with Crippen LogP contribution in [0.5, 0.6) is 5.75 Å². The molecule has 2 fully saturated rings. The number of alkyl carbamates (subject to hydrolysis) is 1. The Balaban J connectivity index is 1.52. The van der Waals surface area contributed by atoms with Gasteiger partial charge in [-0.1, -0.05) is 12.1 Å². The number of likely N-dealkylation sites (tertiary alicyclic amines) is 1. The number of amides is 1. The molecule has 1 aromatic rings. The number of rotatable bonds is 7. The van der Waals surface area contributed by atoms with E-state index in [1.807, 2.05) is 26.1 Å². The predicted octanol–water partition coefficient (Wildman–Crippen LogP) is 2.58. The fourth-order valence-electron chi connectivity index (χ4n) is 3.79. The van der Waals surface area contributed by atoms with Gasteiger partial charge in [0.1, 0.15) is 5.75 Å². The molecule has 28 heavy (non-hydrogen) atoms. The molecule has 7 heteroatoms. The van der Waals surface area contributed by atoms with E-state index in [0.717, 1.165) is 44.1 Å². The monoisotopic (exact) mass is 388 g/mol. The zero-order valence-corrected chi connectivity index (χ0v) is 17.1. The van der Waals surface area contributed by atoms with Gasteiger partial charge in [0.05, 0.1) is 19.8 Å². The summed E-state index contributed by atoms with van der Waals surface area (Å²) in [5.41, 5.74) is 1.33. The molecular formula is C21H32N4O3. The van der Waals surface area contributed by atoms with Crippen LogP contribution in [0.3, 0.4) is 0 Å². The molecule has 3 rings (SSSR count). The molecule has 1 saturated heterocycles. The van der Waals surface area contributed by atoms with Crippen LogP contribution in [0.25, 0.3) is 0 Å². The van der Waals surface area contributed by atoms with Crippen molar-refractivity contribution in [2.24, 2.45) is 10.9 Å². The smallest absolute Gasteiger partial charge is 0.407 e. The summed E-state index contributed by atoms with van der Waals surface area (Å²) in [5.74, 6) is 2.80. The number of methoxy groups -OCH3 is 1. The summed E-state index contributed by atoms with van der Waals surface area (Å²) in [4.78, 5) is 18.5. The van der Waals surface area contributed by atoms with Gasteiger partial charge in [-0.2, -0.15) is 0 Å². The van der Waals surface area contributed by atoms with Gasteiger partial charge in [-0.15, -0.1) is 0 Å². The fourth-order valence-corrected chi connectivity index (χ4v) is 3.79. The van der Waals surface area contributed by atoms with Crippen molar-refractivity contribution in [2.45, 2.75) is 38.1 Å². The molecule has 0 spiro atoms. The Labute approximate surface area is 167 Å². The summed E-state index contributed by atoms with van der Waals surface area (Å²) in [5, 5.41) is 6.44. The van der Waals surface area contributed by atoms with E-state index in [1.54, 1.807) is 7.11 Å². The summed E-state index contributed by atoms with van der Waals surface area (Å²) in [6, 6.07) is 8.42. The number of carbonyl (C=O) groups is 1. The lowest BCUT2D eigenvalue weighted by atomic mass is 9.98. The Hall–Kier alpha value is -2.44. The molecule has 1 aliphatic heterocycles. The highest BCUT2D eigenvalue weighted by molar-refractivity contribution is 5.80. The normalized spacial score (nSPS) is 20.6. The predicted molar refractivity (Wildman–Crippen MR) is 110 cm³/mol. The van der Waals surface area contributed by atoms with Gasteiger partial charge in [-0.3, -0.25) is 4.99 Å². The van der Waals surface area contributed by atoms with E-state index in [-0.39, 0.29) is 12.1 Å². The van der Waals surface area contributed by atoms with E-state index in [2.05, 4.69) is 32.7 Å². The van der Waals surface area contributed by atoms with E-state index in [4.69, 9.17) is 9.47 Å². The molecule has 0 radical (unpaired) electrons. The van der Waals surface area contributed by atoms with Crippen molar-refractivity contribution in [3.8, 4) is 5.75 Å². The molecular weight excluding hydrogens is 356 g/mol. The van der Waals surface area contributed by atoms with Crippen LogP contribution in [0, 0.1) is 5.92 Å². The summed E-state index contributed by atoms with van der Waals surface area (Å²) in [6.07, 6.45) is 3.07. The molecule has 154 valence electrons. The number of hydrogen-bond donors (Lipinski definition) is 2. The van der Waals surface area contributed by atoms with Crippen LogP contribution >= 0.6 is 0 Å². The number of nitrogens with one attached hydrogen (secondary N) is 2. The molecule has 1 aliphatic carbocycles. The summed E-state index contributed by atoms with van der Waals surface area (Å²) < 4.78 is 10.3. The zero-order chi connectivity index (χ0) is 19.9. The van der Waals surface area contributed by atoms with E-state index in [0.29, 0.717) is 25.0 Å². The van der Waals surface area contributed by atoms with Gasteiger partial charge in [-0.05, 0) is 49.8 Å². The molecule has 0 aromatic heterocycles. The second-order valence-electron chi connectivity index (χ2n) is 7.44. The lowest BCUT2D eigenvalue weighted by molar-refractivity contribution is 0.146. The van der Waals surface area contributed by atoms with Gasteiger partial charge in [0, 0.05) is 32.6 Å². The van der Waals surface area contributed by atoms with Crippen LogP contribution in [0.2, 0.25) is 0 Å². The highest BCUT2D eigenvalue weighted by atomic mass is 16.5.